The minimum atomic E-state index is 0.0854. The van der Waals surface area contributed by atoms with Crippen LogP contribution in [0.15, 0.2) is 59.6 Å². The molecule has 0 fully saturated rings. The van der Waals surface area contributed by atoms with Crippen LogP contribution in [0.4, 0.5) is 5.82 Å². The average Bonchev–Trinajstić information content (AvgIpc) is 2.59. The second-order valence-electron chi connectivity index (χ2n) is 5.85. The Balaban J connectivity index is 1.94. The van der Waals surface area contributed by atoms with E-state index in [0.29, 0.717) is 17.8 Å². The van der Waals surface area contributed by atoms with E-state index in [1.807, 2.05) is 24.3 Å². The van der Waals surface area contributed by atoms with E-state index in [0.717, 1.165) is 21.7 Å². The van der Waals surface area contributed by atoms with Gasteiger partial charge in [0.05, 0.1) is 11.1 Å². The lowest BCUT2D eigenvalue weighted by atomic mass is 9.98. The molecule has 0 bridgehead atoms. The van der Waals surface area contributed by atoms with Crippen LogP contribution < -0.4 is 0 Å². The number of ketones is 1. The van der Waals surface area contributed by atoms with Crippen LogP contribution in [0.5, 0.6) is 0 Å². The molecule has 3 nitrogen and oxygen atoms in total. The lowest BCUT2D eigenvalue weighted by Gasteiger charge is -2.11. The van der Waals surface area contributed by atoms with Gasteiger partial charge in [-0.15, -0.1) is 0 Å². The molecule has 5 rings (SSSR count). The van der Waals surface area contributed by atoms with Gasteiger partial charge < -0.3 is 0 Å². The van der Waals surface area contributed by atoms with Crippen molar-refractivity contribution in [2.75, 3.05) is 0 Å². The SMILES string of the molecule is O=C1CC=Nc2nc3ccc4cc5ccccc5cc4c3cc21. The molecule has 23 heavy (non-hydrogen) atoms. The molecule has 0 amide bonds. The fourth-order valence-corrected chi connectivity index (χ4v) is 3.29. The topological polar surface area (TPSA) is 42.3 Å². The molecule has 2 heterocycles. The van der Waals surface area contributed by atoms with Crippen LogP contribution in [-0.4, -0.2) is 17.0 Å². The number of benzene rings is 3. The van der Waals surface area contributed by atoms with Crippen molar-refractivity contribution in [1.82, 2.24) is 4.98 Å². The van der Waals surface area contributed by atoms with Gasteiger partial charge in [-0.25, -0.2) is 9.98 Å². The summed E-state index contributed by atoms with van der Waals surface area (Å²) in [4.78, 5) is 21.0. The predicted molar refractivity (Wildman–Crippen MR) is 93.9 cm³/mol. The van der Waals surface area contributed by atoms with Gasteiger partial charge in [-0.05, 0) is 45.8 Å². The van der Waals surface area contributed by atoms with E-state index < -0.39 is 0 Å². The van der Waals surface area contributed by atoms with Gasteiger partial charge >= 0.3 is 0 Å². The number of hydrogen-bond donors (Lipinski definition) is 0. The fraction of sp³-hybridized carbons (Fsp3) is 0.0500. The molecule has 1 aliphatic heterocycles. The molecular formula is C20H12N2O. The minimum absolute atomic E-state index is 0.0854. The second-order valence-corrected chi connectivity index (χ2v) is 5.85. The Labute approximate surface area is 132 Å². The third-order valence-electron chi connectivity index (χ3n) is 4.45. The Kier molecular flexibility index (Phi) is 2.42. The number of aromatic nitrogens is 1. The molecule has 0 unspecified atom stereocenters. The van der Waals surface area contributed by atoms with Crippen LogP contribution in [0.25, 0.3) is 32.4 Å². The summed E-state index contributed by atoms with van der Waals surface area (Å²) in [6.45, 7) is 0. The van der Waals surface area contributed by atoms with Gasteiger partial charge in [0.25, 0.3) is 0 Å². The Bertz CT molecular complexity index is 1160. The van der Waals surface area contributed by atoms with Crippen molar-refractivity contribution in [3.63, 3.8) is 0 Å². The van der Waals surface area contributed by atoms with Crippen molar-refractivity contribution in [1.29, 1.82) is 0 Å². The van der Waals surface area contributed by atoms with E-state index in [1.54, 1.807) is 6.21 Å². The standard InChI is InChI=1S/C20H12N2O/c23-19-7-8-21-20-17(19)11-16-15-10-13-4-2-1-3-12(13)9-14(15)5-6-18(16)22-20/h1-6,8-11H,7H2. The third-order valence-corrected chi connectivity index (χ3v) is 4.45. The van der Waals surface area contributed by atoms with Crippen molar-refractivity contribution in [3.05, 3.63) is 60.2 Å². The van der Waals surface area contributed by atoms with Crippen molar-refractivity contribution < 1.29 is 4.79 Å². The molecular weight excluding hydrogens is 284 g/mol. The second kappa shape index (κ2) is 4.46. The Morgan fingerprint density at radius 3 is 2.52 bits per heavy atom. The monoisotopic (exact) mass is 296 g/mol. The van der Waals surface area contributed by atoms with Gasteiger partial charge in [0.1, 0.15) is 0 Å². The number of fused-ring (bicyclic) bond motifs is 5. The minimum Gasteiger partial charge on any atom is -0.294 e. The van der Waals surface area contributed by atoms with Crippen LogP contribution in [0.2, 0.25) is 0 Å². The number of aliphatic imine (C=N–C) groups is 1. The van der Waals surface area contributed by atoms with Crippen LogP contribution in [0.1, 0.15) is 16.8 Å². The summed E-state index contributed by atoms with van der Waals surface area (Å²) in [5.41, 5.74) is 1.50. The van der Waals surface area contributed by atoms with Gasteiger partial charge in [-0.2, -0.15) is 0 Å². The van der Waals surface area contributed by atoms with Crippen molar-refractivity contribution in [2.45, 2.75) is 6.42 Å². The molecule has 3 heteroatoms. The molecule has 0 saturated heterocycles. The van der Waals surface area contributed by atoms with Gasteiger partial charge in [0.2, 0.25) is 0 Å². The van der Waals surface area contributed by atoms with Gasteiger partial charge in [-0.1, -0.05) is 30.3 Å². The zero-order valence-electron chi connectivity index (χ0n) is 12.3. The summed E-state index contributed by atoms with van der Waals surface area (Å²) in [7, 11) is 0. The van der Waals surface area contributed by atoms with Crippen LogP contribution in [0.3, 0.4) is 0 Å². The molecule has 0 N–H and O–H groups in total. The molecule has 4 aromatic rings. The van der Waals surface area contributed by atoms with Crippen molar-refractivity contribution in [3.8, 4) is 0 Å². The maximum absolute atomic E-state index is 12.1. The van der Waals surface area contributed by atoms with Crippen LogP contribution in [0, 0.1) is 0 Å². The number of hydrogen-bond acceptors (Lipinski definition) is 3. The first-order chi connectivity index (χ1) is 11.3. The first-order valence-electron chi connectivity index (χ1n) is 7.62. The molecule has 0 spiro atoms. The zero-order chi connectivity index (χ0) is 15.4. The van der Waals surface area contributed by atoms with E-state index >= 15 is 0 Å². The summed E-state index contributed by atoms with van der Waals surface area (Å²) in [5, 5.41) is 5.70. The smallest absolute Gasteiger partial charge is 0.172 e. The molecule has 0 saturated carbocycles. The highest BCUT2D eigenvalue weighted by Crippen LogP contribution is 2.32. The predicted octanol–water partition coefficient (Wildman–Crippen LogP) is 4.83. The molecule has 0 aliphatic carbocycles. The Morgan fingerprint density at radius 2 is 1.65 bits per heavy atom. The summed E-state index contributed by atoms with van der Waals surface area (Å²) in [6, 6.07) is 18.7. The largest absolute Gasteiger partial charge is 0.294 e. The zero-order valence-corrected chi connectivity index (χ0v) is 12.3. The summed E-state index contributed by atoms with van der Waals surface area (Å²) in [6.07, 6.45) is 1.99. The summed E-state index contributed by atoms with van der Waals surface area (Å²) < 4.78 is 0. The van der Waals surface area contributed by atoms with Gasteiger partial charge in [0, 0.05) is 18.0 Å². The van der Waals surface area contributed by atoms with E-state index in [2.05, 4.69) is 40.3 Å². The van der Waals surface area contributed by atoms with Crippen molar-refractivity contribution in [2.24, 2.45) is 4.99 Å². The first kappa shape index (κ1) is 12.5. The molecule has 3 aromatic carbocycles. The summed E-state index contributed by atoms with van der Waals surface area (Å²) >= 11 is 0. The van der Waals surface area contributed by atoms with E-state index in [9.17, 15) is 4.79 Å². The number of Topliss-reactive ketones (excluding diaryl/α,β-unsaturated/α-hetero) is 1. The highest BCUT2D eigenvalue weighted by molar-refractivity contribution is 6.16. The number of nitrogens with zero attached hydrogens (tertiary/aromatic N) is 2. The average molecular weight is 296 g/mol. The highest BCUT2D eigenvalue weighted by atomic mass is 16.1. The molecule has 0 radical (unpaired) electrons. The Hall–Kier alpha value is -3.07. The number of carbonyl (C=O) groups excluding carboxylic acids is 1. The maximum atomic E-state index is 12.1. The first-order valence-corrected chi connectivity index (χ1v) is 7.62. The highest BCUT2D eigenvalue weighted by Gasteiger charge is 2.17. The van der Waals surface area contributed by atoms with Crippen LogP contribution in [-0.2, 0) is 0 Å². The third kappa shape index (κ3) is 1.80. The lowest BCUT2D eigenvalue weighted by molar-refractivity contribution is 0.100. The van der Waals surface area contributed by atoms with E-state index in [4.69, 9.17) is 0 Å². The molecule has 108 valence electrons. The fourth-order valence-electron chi connectivity index (χ4n) is 3.29. The quantitative estimate of drug-likeness (QED) is 0.344. The van der Waals surface area contributed by atoms with E-state index in [1.165, 1.54) is 10.8 Å². The summed E-state index contributed by atoms with van der Waals surface area (Å²) in [5.74, 6) is 0.621. The van der Waals surface area contributed by atoms with E-state index in [-0.39, 0.29) is 5.78 Å². The maximum Gasteiger partial charge on any atom is 0.172 e. The lowest BCUT2D eigenvalue weighted by Crippen LogP contribution is -2.05. The Morgan fingerprint density at radius 1 is 0.826 bits per heavy atom. The van der Waals surface area contributed by atoms with Crippen molar-refractivity contribution >= 4 is 50.3 Å². The normalized spacial score (nSPS) is 13.8. The molecule has 1 aromatic heterocycles. The number of pyridine rings is 1. The van der Waals surface area contributed by atoms with Crippen LogP contribution >= 0.6 is 0 Å². The van der Waals surface area contributed by atoms with Gasteiger partial charge in [0.15, 0.2) is 11.6 Å². The number of carbonyl (C=O) groups is 1. The number of rotatable bonds is 0. The molecule has 0 atom stereocenters. The van der Waals surface area contributed by atoms with Gasteiger partial charge in [-0.3, -0.25) is 4.79 Å². The molecule has 1 aliphatic rings.